The molecule has 1 N–H and O–H groups in total. The minimum absolute atomic E-state index is 0.0129. The third-order valence-electron chi connectivity index (χ3n) is 9.17. The van der Waals surface area contributed by atoms with E-state index in [0.29, 0.717) is 24.7 Å². The summed E-state index contributed by atoms with van der Waals surface area (Å²) in [5, 5.41) is 13.2. The molecule has 2 atom stereocenters. The van der Waals surface area contributed by atoms with Gasteiger partial charge in [0.05, 0.1) is 45.9 Å². The highest BCUT2D eigenvalue weighted by Crippen LogP contribution is 2.67. The molecule has 0 saturated heterocycles. The first-order valence-electron chi connectivity index (χ1n) is 13.2. The average molecular weight is 601 g/mol. The largest absolute Gasteiger partial charge is 0.481 e. The lowest BCUT2D eigenvalue weighted by molar-refractivity contribution is -0.147. The average Bonchev–Trinajstić information content (AvgIpc) is 3.31. The maximum Gasteiger partial charge on any atom is 0.433 e. The summed E-state index contributed by atoms with van der Waals surface area (Å²) < 4.78 is 44.2. The van der Waals surface area contributed by atoms with E-state index in [4.69, 9.17) is 23.2 Å². The summed E-state index contributed by atoms with van der Waals surface area (Å²) in [5.74, 6) is -2.50. The number of carbonyl (C=O) groups excluding carboxylic acids is 2. The summed E-state index contributed by atoms with van der Waals surface area (Å²) >= 11 is 12.3. The molecular formula is C27H29Cl2F3N4O4. The van der Waals surface area contributed by atoms with Crippen LogP contribution >= 0.6 is 23.2 Å². The van der Waals surface area contributed by atoms with Crippen LogP contribution in [0.4, 0.5) is 13.2 Å². The number of rotatable bonds is 7. The van der Waals surface area contributed by atoms with Crippen LogP contribution in [0, 0.1) is 23.2 Å². The van der Waals surface area contributed by atoms with Crippen molar-refractivity contribution in [1.29, 1.82) is 0 Å². The van der Waals surface area contributed by atoms with Crippen LogP contribution in [0.2, 0.25) is 10.0 Å². The van der Waals surface area contributed by atoms with Crippen molar-refractivity contribution < 1.29 is 32.7 Å². The van der Waals surface area contributed by atoms with Gasteiger partial charge in [-0.05, 0) is 55.8 Å². The molecular weight excluding hydrogens is 572 g/mol. The number of aliphatic carboxylic acids is 1. The molecule has 3 aliphatic rings. The predicted octanol–water partition coefficient (Wildman–Crippen LogP) is 6.18. The van der Waals surface area contributed by atoms with Crippen LogP contribution in [0.25, 0.3) is 0 Å². The third-order valence-corrected chi connectivity index (χ3v) is 9.75. The van der Waals surface area contributed by atoms with Gasteiger partial charge < -0.3 is 10.0 Å². The molecule has 3 aliphatic carbocycles. The highest BCUT2D eigenvalue weighted by atomic mass is 35.5. The summed E-state index contributed by atoms with van der Waals surface area (Å²) in [6.07, 6.45) is 0.457. The molecule has 2 aromatic rings. The van der Waals surface area contributed by atoms with Crippen molar-refractivity contribution in [2.45, 2.75) is 70.6 Å². The van der Waals surface area contributed by atoms with Crippen LogP contribution in [-0.4, -0.2) is 55.0 Å². The Bertz CT molecular complexity index is 1320. The van der Waals surface area contributed by atoms with E-state index in [2.05, 4.69) is 23.9 Å². The number of carboxylic acid groups (broad SMARTS) is 1. The van der Waals surface area contributed by atoms with Gasteiger partial charge in [-0.15, -0.1) is 0 Å². The zero-order valence-electron chi connectivity index (χ0n) is 21.9. The van der Waals surface area contributed by atoms with E-state index < -0.39 is 59.6 Å². The molecule has 0 aliphatic heterocycles. The molecule has 2 aromatic heterocycles. The number of amides is 1. The maximum atomic E-state index is 14.5. The lowest BCUT2D eigenvalue weighted by Gasteiger charge is -2.32. The number of pyridine rings is 1. The number of hydrogen-bond acceptors (Lipinski definition) is 5. The second kappa shape index (κ2) is 10.3. The van der Waals surface area contributed by atoms with Crippen molar-refractivity contribution in [3.63, 3.8) is 0 Å². The first-order valence-corrected chi connectivity index (χ1v) is 14.0. The van der Waals surface area contributed by atoms with Gasteiger partial charge in [-0.2, -0.15) is 18.3 Å². The molecule has 0 radical (unpaired) electrons. The number of carbonyl (C=O) groups is 3. The van der Waals surface area contributed by atoms with Crippen molar-refractivity contribution in [3.05, 3.63) is 45.5 Å². The molecule has 1 amide bonds. The van der Waals surface area contributed by atoms with Crippen molar-refractivity contribution in [1.82, 2.24) is 19.7 Å². The Kier molecular flexibility index (Phi) is 7.44. The first-order chi connectivity index (χ1) is 18.7. The monoisotopic (exact) mass is 600 g/mol. The molecule has 40 heavy (non-hydrogen) atoms. The van der Waals surface area contributed by atoms with Crippen LogP contribution in [-0.2, 0) is 11.0 Å². The van der Waals surface area contributed by atoms with Gasteiger partial charge in [0.25, 0.3) is 5.91 Å². The molecule has 5 rings (SSSR count). The van der Waals surface area contributed by atoms with E-state index in [0.717, 1.165) is 10.9 Å². The van der Waals surface area contributed by atoms with Crippen LogP contribution < -0.4 is 0 Å². The minimum atomic E-state index is -4.90. The molecule has 0 aromatic carbocycles. The lowest BCUT2D eigenvalue weighted by Crippen LogP contribution is -2.44. The Hall–Kier alpha value is -2.66. The van der Waals surface area contributed by atoms with Gasteiger partial charge in [-0.3, -0.25) is 24.0 Å². The van der Waals surface area contributed by atoms with Crippen LogP contribution in [0.5, 0.6) is 0 Å². The Balaban J connectivity index is 1.47. The number of ketones is 1. The second-order valence-electron chi connectivity index (χ2n) is 11.7. The fourth-order valence-electron chi connectivity index (χ4n) is 6.81. The Morgan fingerprint density at radius 3 is 2.15 bits per heavy atom. The Labute approximate surface area is 238 Å². The normalized spacial score (nSPS) is 27.2. The Morgan fingerprint density at radius 1 is 1.05 bits per heavy atom. The molecule has 13 heteroatoms. The number of nitrogens with zero attached hydrogens (tertiary/aromatic N) is 4. The van der Waals surface area contributed by atoms with E-state index in [9.17, 15) is 32.7 Å². The number of Topliss-reactive ketones (excluding diaryl/α,β-unsaturated/α-hetero) is 1. The zero-order chi connectivity index (χ0) is 29.1. The number of fused-ring (bicyclic) bond motifs is 1. The number of carboxylic acids is 1. The number of hydrogen-bond donors (Lipinski definition) is 1. The lowest BCUT2D eigenvalue weighted by atomic mass is 9.86. The molecule has 216 valence electrons. The molecule has 2 heterocycles. The van der Waals surface area contributed by atoms with Crippen LogP contribution in [0.1, 0.15) is 84.8 Å². The van der Waals surface area contributed by atoms with E-state index in [1.807, 2.05) is 0 Å². The second-order valence-corrected chi connectivity index (χ2v) is 12.5. The van der Waals surface area contributed by atoms with Gasteiger partial charge in [-0.1, -0.05) is 37.0 Å². The molecule has 0 bridgehead atoms. The zero-order valence-corrected chi connectivity index (χ0v) is 23.4. The van der Waals surface area contributed by atoms with Gasteiger partial charge in [0.2, 0.25) is 0 Å². The summed E-state index contributed by atoms with van der Waals surface area (Å²) in [5.41, 5.74) is -1.77. The van der Waals surface area contributed by atoms with Gasteiger partial charge in [0.1, 0.15) is 0 Å². The van der Waals surface area contributed by atoms with E-state index >= 15 is 0 Å². The minimum Gasteiger partial charge on any atom is -0.481 e. The van der Waals surface area contributed by atoms with E-state index in [1.165, 1.54) is 17.3 Å². The molecule has 8 nitrogen and oxygen atoms in total. The highest BCUT2D eigenvalue weighted by molar-refractivity contribution is 6.39. The first kappa shape index (κ1) is 28.9. The fourth-order valence-corrected chi connectivity index (χ4v) is 7.38. The maximum absolute atomic E-state index is 14.5. The van der Waals surface area contributed by atoms with Crippen LogP contribution in [0.3, 0.4) is 0 Å². The van der Waals surface area contributed by atoms with Crippen molar-refractivity contribution in [3.8, 4) is 0 Å². The van der Waals surface area contributed by atoms with Crippen molar-refractivity contribution in [2.75, 3.05) is 6.54 Å². The summed E-state index contributed by atoms with van der Waals surface area (Å²) in [4.78, 5) is 43.6. The molecule has 2 unspecified atom stereocenters. The number of halogens is 5. The van der Waals surface area contributed by atoms with Gasteiger partial charge in [0.15, 0.2) is 11.5 Å². The summed E-state index contributed by atoms with van der Waals surface area (Å²) in [6.45, 7) is 3.74. The summed E-state index contributed by atoms with van der Waals surface area (Å²) in [7, 11) is 0. The number of alkyl halides is 3. The fraction of sp³-hybridized carbons (Fsp3) is 0.593. The topological polar surface area (TPSA) is 105 Å². The quantitative estimate of drug-likeness (QED) is 0.380. The standard InChI is InChI=1S/C27H29Cl2F3N4O4/c1-26(2)17-7-15(8-18(17)26)35(12-21(37)22-19(28)10-33-11-20(22)29)24(38)16-9-34-36(23(16)27(30,31)32)14-5-3-13(4-6-14)25(39)40/h9-11,13-15,17-18H,3-8,12H2,1-2H3,(H,39,40). The van der Waals surface area contributed by atoms with E-state index in [1.54, 1.807) is 0 Å². The van der Waals surface area contributed by atoms with Crippen molar-refractivity contribution in [2.24, 2.45) is 23.2 Å². The van der Waals surface area contributed by atoms with Crippen molar-refractivity contribution >= 4 is 40.9 Å². The Morgan fingerprint density at radius 2 is 1.62 bits per heavy atom. The SMILES string of the molecule is CC1(C)C2CC(N(CC(=O)c3c(Cl)cncc3Cl)C(=O)c3cnn(C4CCC(C(=O)O)CC4)c3C(F)(F)F)CC21. The molecule has 3 fully saturated rings. The molecule has 0 spiro atoms. The van der Waals surface area contributed by atoms with Gasteiger partial charge >= 0.3 is 12.1 Å². The van der Waals surface area contributed by atoms with Crippen LogP contribution in [0.15, 0.2) is 18.6 Å². The highest BCUT2D eigenvalue weighted by Gasteiger charge is 2.63. The summed E-state index contributed by atoms with van der Waals surface area (Å²) in [6, 6.07) is -1.13. The smallest absolute Gasteiger partial charge is 0.433 e. The van der Waals surface area contributed by atoms with E-state index in [-0.39, 0.29) is 46.7 Å². The molecule has 3 saturated carbocycles. The van der Waals surface area contributed by atoms with Gasteiger partial charge in [0, 0.05) is 18.4 Å². The van der Waals surface area contributed by atoms with Gasteiger partial charge in [-0.25, -0.2) is 0 Å². The number of aromatic nitrogens is 3. The third kappa shape index (κ3) is 5.11. The predicted molar refractivity (Wildman–Crippen MR) is 139 cm³/mol.